The Morgan fingerprint density at radius 3 is 1.88 bits per heavy atom. The number of carbonyl (C=O) groups excluding carboxylic acids is 1. The number of hydrogen-bond donors (Lipinski definition) is 2. The Hall–Kier alpha value is -3.81. The Morgan fingerprint density at radius 2 is 1.33 bits per heavy atom. The van der Waals surface area contributed by atoms with Crippen molar-refractivity contribution in [1.29, 1.82) is 0 Å². The van der Waals surface area contributed by atoms with E-state index in [1.54, 1.807) is 24.3 Å². The van der Waals surface area contributed by atoms with Gasteiger partial charge in [0.25, 0.3) is 5.91 Å². The highest BCUT2D eigenvalue weighted by atomic mass is 19.4. The van der Waals surface area contributed by atoms with E-state index >= 15 is 0 Å². The summed E-state index contributed by atoms with van der Waals surface area (Å²) in [6.07, 6.45) is 5.58. The molecule has 0 heterocycles. The smallest absolute Gasteiger partial charge is 0.416 e. The van der Waals surface area contributed by atoms with Gasteiger partial charge in [0.2, 0.25) is 0 Å². The Labute approximate surface area is 246 Å². The number of amides is 1. The Kier molecular flexibility index (Phi) is 12.9. The van der Waals surface area contributed by atoms with Crippen LogP contribution in [0, 0.1) is 0 Å². The molecule has 3 aromatic rings. The van der Waals surface area contributed by atoms with Gasteiger partial charge in [0.05, 0.1) is 12.0 Å². The number of carbonyl (C=O) groups is 2. The van der Waals surface area contributed by atoms with E-state index in [4.69, 9.17) is 9.84 Å². The predicted molar refractivity (Wildman–Crippen MR) is 159 cm³/mol. The summed E-state index contributed by atoms with van der Waals surface area (Å²) in [7, 11) is 0. The molecule has 0 unspecified atom stereocenters. The van der Waals surface area contributed by atoms with Crippen LogP contribution in [0.2, 0.25) is 0 Å². The fourth-order valence-electron chi connectivity index (χ4n) is 4.73. The average molecular weight is 584 g/mol. The maximum Gasteiger partial charge on any atom is 0.416 e. The van der Waals surface area contributed by atoms with E-state index in [9.17, 15) is 22.8 Å². The van der Waals surface area contributed by atoms with Crippen LogP contribution < -0.4 is 10.1 Å². The molecule has 0 bridgehead atoms. The third-order valence-electron chi connectivity index (χ3n) is 7.17. The van der Waals surface area contributed by atoms with Gasteiger partial charge in [-0.25, -0.2) is 0 Å². The first-order chi connectivity index (χ1) is 20.2. The van der Waals surface area contributed by atoms with Crippen molar-refractivity contribution in [2.75, 3.05) is 6.54 Å². The molecule has 0 radical (unpaired) electrons. The SMILES string of the molecule is CCCCCCCCCC[C@@H](Oc1ccc(C(=O)NCCC(=O)O)cc1)c1ccc(-c2ccc(C(F)(F)F)cc2)cc1. The van der Waals surface area contributed by atoms with Crippen LogP contribution >= 0.6 is 0 Å². The minimum absolute atomic E-state index is 0.0512. The van der Waals surface area contributed by atoms with Crippen LogP contribution in [-0.4, -0.2) is 23.5 Å². The summed E-state index contributed by atoms with van der Waals surface area (Å²) in [6.45, 7) is 2.26. The first-order valence-corrected chi connectivity index (χ1v) is 14.7. The number of nitrogens with one attached hydrogen (secondary N) is 1. The Morgan fingerprint density at radius 1 is 0.786 bits per heavy atom. The van der Waals surface area contributed by atoms with Crippen molar-refractivity contribution >= 4 is 11.9 Å². The van der Waals surface area contributed by atoms with Gasteiger partial charge in [0, 0.05) is 12.1 Å². The average Bonchev–Trinajstić information content (AvgIpc) is 2.97. The third kappa shape index (κ3) is 10.9. The molecule has 2 N–H and O–H groups in total. The van der Waals surface area contributed by atoms with E-state index in [-0.39, 0.29) is 25.0 Å². The number of hydrogen-bond acceptors (Lipinski definition) is 3. The topological polar surface area (TPSA) is 75.6 Å². The first kappa shape index (κ1) is 32.7. The Balaban J connectivity index is 1.67. The number of carboxylic acid groups (broad SMARTS) is 1. The summed E-state index contributed by atoms with van der Waals surface area (Å²) in [5.74, 6) is -0.723. The molecule has 1 amide bonds. The normalized spacial score (nSPS) is 12.1. The van der Waals surface area contributed by atoms with E-state index in [1.807, 2.05) is 24.3 Å². The molecule has 0 spiro atoms. The second-order valence-electron chi connectivity index (χ2n) is 10.5. The summed E-state index contributed by atoms with van der Waals surface area (Å²) in [6, 6.07) is 19.6. The van der Waals surface area contributed by atoms with Crippen LogP contribution in [-0.2, 0) is 11.0 Å². The summed E-state index contributed by atoms with van der Waals surface area (Å²) in [5.41, 5.74) is 2.21. The third-order valence-corrected chi connectivity index (χ3v) is 7.17. The fraction of sp³-hybridized carbons (Fsp3) is 0.412. The predicted octanol–water partition coefficient (Wildman–Crippen LogP) is 9.23. The van der Waals surface area contributed by atoms with Crippen LogP contribution in [0.3, 0.4) is 0 Å². The van der Waals surface area contributed by atoms with Gasteiger partial charge in [-0.1, -0.05) is 88.3 Å². The van der Waals surface area contributed by atoms with Crippen molar-refractivity contribution in [3.63, 3.8) is 0 Å². The Bertz CT molecular complexity index is 1240. The molecule has 3 aromatic carbocycles. The van der Waals surface area contributed by atoms with Crippen molar-refractivity contribution in [1.82, 2.24) is 5.32 Å². The van der Waals surface area contributed by atoms with E-state index in [0.717, 1.165) is 42.5 Å². The lowest BCUT2D eigenvalue weighted by molar-refractivity contribution is -0.138. The molecular formula is C34H40F3NO4. The lowest BCUT2D eigenvalue weighted by Crippen LogP contribution is -2.25. The van der Waals surface area contributed by atoms with Gasteiger partial charge in [0.1, 0.15) is 11.9 Å². The van der Waals surface area contributed by atoms with Gasteiger partial charge in [-0.3, -0.25) is 9.59 Å². The molecule has 5 nitrogen and oxygen atoms in total. The van der Waals surface area contributed by atoms with Crippen molar-refractivity contribution in [2.45, 2.75) is 83.4 Å². The molecule has 226 valence electrons. The molecular weight excluding hydrogens is 543 g/mol. The van der Waals surface area contributed by atoms with Gasteiger partial charge in [-0.15, -0.1) is 0 Å². The van der Waals surface area contributed by atoms with E-state index in [1.165, 1.54) is 50.7 Å². The number of alkyl halides is 3. The summed E-state index contributed by atoms with van der Waals surface area (Å²) >= 11 is 0. The fourth-order valence-corrected chi connectivity index (χ4v) is 4.73. The van der Waals surface area contributed by atoms with Crippen molar-refractivity contribution < 1.29 is 32.6 Å². The van der Waals surface area contributed by atoms with Gasteiger partial charge >= 0.3 is 12.1 Å². The largest absolute Gasteiger partial charge is 0.486 e. The monoisotopic (exact) mass is 583 g/mol. The van der Waals surface area contributed by atoms with Crippen molar-refractivity contribution in [3.05, 3.63) is 89.5 Å². The van der Waals surface area contributed by atoms with Crippen LogP contribution in [0.5, 0.6) is 5.75 Å². The maximum atomic E-state index is 12.9. The number of benzene rings is 3. The van der Waals surface area contributed by atoms with Gasteiger partial charge < -0.3 is 15.2 Å². The summed E-state index contributed by atoms with van der Waals surface area (Å²) in [5, 5.41) is 11.3. The zero-order valence-electron chi connectivity index (χ0n) is 24.1. The van der Waals surface area contributed by atoms with Crippen LogP contribution in [0.4, 0.5) is 13.2 Å². The number of unbranched alkanes of at least 4 members (excludes halogenated alkanes) is 7. The van der Waals surface area contributed by atoms with Crippen LogP contribution in [0.25, 0.3) is 11.1 Å². The lowest BCUT2D eigenvalue weighted by Gasteiger charge is -2.20. The van der Waals surface area contributed by atoms with Crippen molar-refractivity contribution in [2.24, 2.45) is 0 Å². The molecule has 0 saturated carbocycles. The summed E-state index contributed by atoms with van der Waals surface area (Å²) in [4.78, 5) is 23.0. The standard InChI is InChI=1S/C34H40F3NO4/c1-2-3-4-5-6-7-8-9-10-31(42-30-21-17-28(18-22-30)33(41)38-24-23-32(39)40)27-13-11-25(12-14-27)26-15-19-29(20-16-26)34(35,36)37/h11-22,31H,2-10,23-24H2,1H3,(H,38,41)(H,39,40)/t31-/m1/s1. The molecule has 1 atom stereocenters. The highest BCUT2D eigenvalue weighted by Gasteiger charge is 2.30. The first-order valence-electron chi connectivity index (χ1n) is 14.7. The highest BCUT2D eigenvalue weighted by molar-refractivity contribution is 5.94. The second kappa shape index (κ2) is 16.6. The maximum absolute atomic E-state index is 12.9. The zero-order valence-corrected chi connectivity index (χ0v) is 24.1. The number of rotatable bonds is 17. The minimum atomic E-state index is -4.37. The highest BCUT2D eigenvalue weighted by Crippen LogP contribution is 2.32. The molecule has 0 fully saturated rings. The molecule has 0 aromatic heterocycles. The van der Waals surface area contributed by atoms with Crippen LogP contribution in [0.1, 0.15) is 98.7 Å². The summed E-state index contributed by atoms with van der Waals surface area (Å²) < 4.78 is 45.2. The van der Waals surface area contributed by atoms with E-state index in [0.29, 0.717) is 16.9 Å². The molecule has 0 aliphatic heterocycles. The molecule has 0 aliphatic carbocycles. The second-order valence-corrected chi connectivity index (χ2v) is 10.5. The minimum Gasteiger partial charge on any atom is -0.486 e. The van der Waals surface area contributed by atoms with E-state index in [2.05, 4.69) is 12.2 Å². The van der Waals surface area contributed by atoms with Gasteiger partial charge in [0.15, 0.2) is 0 Å². The molecule has 0 saturated heterocycles. The number of carboxylic acids is 1. The van der Waals surface area contributed by atoms with Gasteiger partial charge in [-0.2, -0.15) is 13.2 Å². The number of ether oxygens (including phenoxy) is 1. The molecule has 3 rings (SSSR count). The quantitative estimate of drug-likeness (QED) is 0.155. The number of halogens is 3. The van der Waals surface area contributed by atoms with E-state index < -0.39 is 17.7 Å². The zero-order chi connectivity index (χ0) is 30.4. The van der Waals surface area contributed by atoms with Gasteiger partial charge in [-0.05, 0) is 65.9 Å². The number of aliphatic carboxylic acids is 1. The van der Waals surface area contributed by atoms with Crippen LogP contribution in [0.15, 0.2) is 72.8 Å². The lowest BCUT2D eigenvalue weighted by atomic mass is 9.98. The molecule has 42 heavy (non-hydrogen) atoms. The molecule has 0 aliphatic rings. The molecule has 8 heteroatoms. The van der Waals surface area contributed by atoms with Crippen molar-refractivity contribution in [3.8, 4) is 16.9 Å².